The van der Waals surface area contributed by atoms with Gasteiger partial charge >= 0.3 is 0 Å². The highest BCUT2D eigenvalue weighted by Gasteiger charge is 2.10. The van der Waals surface area contributed by atoms with Crippen molar-refractivity contribution >= 4 is 34.9 Å². The van der Waals surface area contributed by atoms with E-state index in [0.717, 1.165) is 12.7 Å². The van der Waals surface area contributed by atoms with Gasteiger partial charge in [-0.2, -0.15) is 8.42 Å². The van der Waals surface area contributed by atoms with Crippen LogP contribution >= 0.6 is 24.8 Å². The molecule has 1 aromatic rings. The van der Waals surface area contributed by atoms with Gasteiger partial charge in [0.05, 0.1) is 12.0 Å². The minimum atomic E-state index is -3.51. The maximum Gasteiger partial charge on any atom is 0.296 e. The molecule has 0 aliphatic rings. The Morgan fingerprint density at radius 3 is 1.86 bits per heavy atom. The predicted octanol–water partition coefficient (Wildman–Crippen LogP) is 2.17. The molecule has 3 nitrogen and oxygen atoms in total. The molecule has 0 fully saturated rings. The van der Waals surface area contributed by atoms with Gasteiger partial charge in [-0.25, -0.2) is 0 Å². The molecule has 0 radical (unpaired) electrons. The van der Waals surface area contributed by atoms with E-state index in [9.17, 15) is 8.42 Å². The van der Waals surface area contributed by atoms with Crippen LogP contribution in [-0.4, -0.2) is 15.5 Å². The lowest BCUT2D eigenvalue weighted by atomic mass is 10.2. The van der Waals surface area contributed by atoms with Gasteiger partial charge < -0.3 is 0 Å². The summed E-state index contributed by atoms with van der Waals surface area (Å²) < 4.78 is 26.5. The van der Waals surface area contributed by atoms with E-state index in [0.29, 0.717) is 0 Å². The molecule has 0 N–H and O–H groups in total. The Balaban J connectivity index is 0. The second-order valence-corrected chi connectivity index (χ2v) is 4.15. The molecular weight excluding hydrogens is 247 g/mol. The summed E-state index contributed by atoms with van der Waals surface area (Å²) in [7, 11) is -2.37. The van der Waals surface area contributed by atoms with Crippen LogP contribution < -0.4 is 0 Å². The van der Waals surface area contributed by atoms with E-state index in [1.54, 1.807) is 12.1 Å². The Hall–Kier alpha value is -0.290. The Bertz CT molecular complexity index is 359. The van der Waals surface area contributed by atoms with Gasteiger partial charge in [0.2, 0.25) is 0 Å². The van der Waals surface area contributed by atoms with E-state index < -0.39 is 10.1 Å². The van der Waals surface area contributed by atoms with Crippen molar-refractivity contribution in [2.45, 2.75) is 11.8 Å². The molecule has 0 spiro atoms. The third-order valence-corrected chi connectivity index (χ3v) is 2.82. The topological polar surface area (TPSA) is 43.4 Å². The molecule has 0 unspecified atom stereocenters. The van der Waals surface area contributed by atoms with Crippen molar-refractivity contribution in [2.75, 3.05) is 7.11 Å². The normalized spacial score (nSPS) is 9.86. The van der Waals surface area contributed by atoms with Crippen LogP contribution in [0.4, 0.5) is 0 Å². The molecule has 0 aromatic heterocycles. The Kier molecular flexibility index (Phi) is 7.20. The molecule has 14 heavy (non-hydrogen) atoms. The van der Waals surface area contributed by atoms with Gasteiger partial charge in [-0.05, 0) is 19.1 Å². The molecule has 82 valence electrons. The second kappa shape index (κ2) is 6.24. The molecular formula is C8H12Cl2O3S. The largest absolute Gasteiger partial charge is 0.296 e. The van der Waals surface area contributed by atoms with E-state index in [1.165, 1.54) is 12.1 Å². The highest BCUT2D eigenvalue weighted by atomic mass is 35.5. The molecule has 0 bridgehead atoms. The van der Waals surface area contributed by atoms with Gasteiger partial charge in [0.1, 0.15) is 0 Å². The fourth-order valence-corrected chi connectivity index (χ4v) is 1.46. The molecule has 0 aliphatic carbocycles. The van der Waals surface area contributed by atoms with Crippen LogP contribution in [-0.2, 0) is 14.3 Å². The minimum Gasteiger partial charge on any atom is -0.270 e. The van der Waals surface area contributed by atoms with Crippen molar-refractivity contribution in [2.24, 2.45) is 0 Å². The number of rotatable bonds is 2. The van der Waals surface area contributed by atoms with Gasteiger partial charge in [0.25, 0.3) is 10.1 Å². The Morgan fingerprint density at radius 2 is 1.50 bits per heavy atom. The van der Waals surface area contributed by atoms with E-state index in [2.05, 4.69) is 4.18 Å². The number of hydrogen-bond donors (Lipinski definition) is 0. The zero-order chi connectivity index (χ0) is 9.19. The first-order chi connectivity index (χ1) is 5.56. The smallest absolute Gasteiger partial charge is 0.270 e. The molecule has 1 aromatic carbocycles. The Labute approximate surface area is 96.4 Å². The van der Waals surface area contributed by atoms with Crippen LogP contribution in [0.1, 0.15) is 5.56 Å². The number of hydrogen-bond acceptors (Lipinski definition) is 3. The first kappa shape index (κ1) is 16.2. The van der Waals surface area contributed by atoms with Crippen molar-refractivity contribution in [3.63, 3.8) is 0 Å². The summed E-state index contributed by atoms with van der Waals surface area (Å²) in [5, 5.41) is 0. The first-order valence-electron chi connectivity index (χ1n) is 3.43. The molecule has 0 aliphatic heterocycles. The lowest BCUT2D eigenvalue weighted by molar-refractivity contribution is 0.398. The van der Waals surface area contributed by atoms with E-state index in [-0.39, 0.29) is 29.7 Å². The van der Waals surface area contributed by atoms with Crippen LogP contribution in [0.15, 0.2) is 29.2 Å². The highest BCUT2D eigenvalue weighted by molar-refractivity contribution is 7.86. The van der Waals surface area contributed by atoms with E-state index in [1.807, 2.05) is 6.92 Å². The van der Waals surface area contributed by atoms with Crippen LogP contribution in [0.25, 0.3) is 0 Å². The average molecular weight is 259 g/mol. The maximum atomic E-state index is 11.1. The lowest BCUT2D eigenvalue weighted by Gasteiger charge is -2.00. The van der Waals surface area contributed by atoms with Crippen molar-refractivity contribution in [1.82, 2.24) is 0 Å². The average Bonchev–Trinajstić information content (AvgIpc) is 2.05. The number of benzene rings is 1. The van der Waals surface area contributed by atoms with Gasteiger partial charge in [-0.1, -0.05) is 17.7 Å². The first-order valence-corrected chi connectivity index (χ1v) is 4.84. The number of halogens is 2. The third kappa shape index (κ3) is 3.84. The quantitative estimate of drug-likeness (QED) is 0.764. The molecule has 0 amide bonds. The van der Waals surface area contributed by atoms with Crippen molar-refractivity contribution in [3.8, 4) is 0 Å². The Morgan fingerprint density at radius 1 is 1.07 bits per heavy atom. The van der Waals surface area contributed by atoms with Gasteiger partial charge in [0.15, 0.2) is 0 Å². The van der Waals surface area contributed by atoms with E-state index in [4.69, 9.17) is 0 Å². The molecule has 1 rings (SSSR count). The van der Waals surface area contributed by atoms with Gasteiger partial charge in [0, 0.05) is 0 Å². The summed E-state index contributed by atoms with van der Waals surface area (Å²) >= 11 is 0. The van der Waals surface area contributed by atoms with Gasteiger partial charge in [-0.15, -0.1) is 24.8 Å². The fourth-order valence-electron chi connectivity index (χ4n) is 0.801. The maximum absolute atomic E-state index is 11.1. The van der Waals surface area contributed by atoms with Crippen LogP contribution in [0, 0.1) is 6.92 Å². The van der Waals surface area contributed by atoms with Crippen LogP contribution in [0.2, 0.25) is 0 Å². The fraction of sp³-hybridized carbons (Fsp3) is 0.250. The summed E-state index contributed by atoms with van der Waals surface area (Å²) in [5.74, 6) is 0. The minimum absolute atomic E-state index is 0. The third-order valence-electron chi connectivity index (χ3n) is 1.53. The predicted molar refractivity (Wildman–Crippen MR) is 59.9 cm³/mol. The van der Waals surface area contributed by atoms with Crippen LogP contribution in [0.3, 0.4) is 0 Å². The standard InChI is InChI=1S/C8H10O3S.2ClH/c1-7-3-5-8(6-4-7)12(9,10)11-2;;/h3-6H,1-2H3;2*1H. The molecule has 0 atom stereocenters. The summed E-state index contributed by atoms with van der Waals surface area (Å²) in [6.45, 7) is 1.89. The van der Waals surface area contributed by atoms with Crippen molar-refractivity contribution < 1.29 is 12.6 Å². The summed E-state index contributed by atoms with van der Waals surface area (Å²) in [5.41, 5.74) is 1.02. The van der Waals surface area contributed by atoms with Crippen molar-refractivity contribution in [3.05, 3.63) is 29.8 Å². The lowest BCUT2D eigenvalue weighted by Crippen LogP contribution is -2.02. The molecule has 0 saturated heterocycles. The zero-order valence-corrected chi connectivity index (χ0v) is 10.2. The van der Waals surface area contributed by atoms with Crippen molar-refractivity contribution in [1.29, 1.82) is 0 Å². The summed E-state index contributed by atoms with van der Waals surface area (Å²) in [6.07, 6.45) is 0. The molecule has 0 heterocycles. The summed E-state index contributed by atoms with van der Waals surface area (Å²) in [4.78, 5) is 0.190. The van der Waals surface area contributed by atoms with Gasteiger partial charge in [-0.3, -0.25) is 4.18 Å². The highest BCUT2D eigenvalue weighted by Crippen LogP contribution is 2.11. The van der Waals surface area contributed by atoms with E-state index >= 15 is 0 Å². The SMILES string of the molecule is COS(=O)(=O)c1ccc(C)cc1.Cl.Cl. The zero-order valence-electron chi connectivity index (χ0n) is 7.76. The monoisotopic (exact) mass is 258 g/mol. The number of aryl methyl sites for hydroxylation is 1. The molecule has 0 saturated carbocycles. The second-order valence-electron chi connectivity index (χ2n) is 2.43. The molecule has 6 heteroatoms. The summed E-state index contributed by atoms with van der Waals surface area (Å²) in [6, 6.07) is 6.50. The van der Waals surface area contributed by atoms with Crippen LogP contribution in [0.5, 0.6) is 0 Å².